The van der Waals surface area contributed by atoms with Crippen LogP contribution in [0.4, 0.5) is 0 Å². The zero-order valence-corrected chi connectivity index (χ0v) is 11.7. The second kappa shape index (κ2) is 7.48. The van der Waals surface area contributed by atoms with E-state index in [1.54, 1.807) is 0 Å². The monoisotopic (exact) mass is 264 g/mol. The van der Waals surface area contributed by atoms with Gasteiger partial charge in [-0.15, -0.1) is 0 Å². The molecule has 1 atom stereocenters. The van der Waals surface area contributed by atoms with Crippen molar-refractivity contribution in [1.82, 2.24) is 4.90 Å². The van der Waals surface area contributed by atoms with E-state index in [1.807, 2.05) is 24.3 Å². The highest BCUT2D eigenvalue weighted by molar-refractivity contribution is 5.26. The van der Waals surface area contributed by atoms with Crippen molar-refractivity contribution < 1.29 is 9.47 Å². The molecule has 0 spiro atoms. The molecule has 1 aliphatic heterocycles. The highest BCUT2D eigenvalue weighted by Gasteiger charge is 2.15. The third-order valence-electron chi connectivity index (χ3n) is 3.37. The zero-order valence-electron chi connectivity index (χ0n) is 11.7. The first-order valence-electron chi connectivity index (χ1n) is 7.03. The SMILES string of the molecule is CC1CN(CCCOc2ccc(CN)cc2)CCO1. The third kappa shape index (κ3) is 4.82. The van der Waals surface area contributed by atoms with Gasteiger partial charge in [-0.3, -0.25) is 4.90 Å². The Morgan fingerprint density at radius 1 is 1.37 bits per heavy atom. The summed E-state index contributed by atoms with van der Waals surface area (Å²) < 4.78 is 11.2. The van der Waals surface area contributed by atoms with Crippen LogP contribution in [-0.2, 0) is 11.3 Å². The number of hydrogen-bond acceptors (Lipinski definition) is 4. The fourth-order valence-corrected chi connectivity index (χ4v) is 2.29. The summed E-state index contributed by atoms with van der Waals surface area (Å²) >= 11 is 0. The molecule has 106 valence electrons. The standard InChI is InChI=1S/C15H24N2O2/c1-13-12-17(8-10-18-13)7-2-9-19-15-5-3-14(11-16)4-6-15/h3-6,13H,2,7-12,16H2,1H3. The van der Waals surface area contributed by atoms with Gasteiger partial charge in [0.25, 0.3) is 0 Å². The minimum Gasteiger partial charge on any atom is -0.494 e. The summed E-state index contributed by atoms with van der Waals surface area (Å²) in [5, 5.41) is 0. The molecule has 0 radical (unpaired) electrons. The van der Waals surface area contributed by atoms with Crippen LogP contribution in [0.1, 0.15) is 18.9 Å². The third-order valence-corrected chi connectivity index (χ3v) is 3.37. The molecule has 19 heavy (non-hydrogen) atoms. The van der Waals surface area contributed by atoms with Crippen molar-refractivity contribution in [3.63, 3.8) is 0 Å². The summed E-state index contributed by atoms with van der Waals surface area (Å²) in [6, 6.07) is 8.00. The Labute approximate surface area is 115 Å². The van der Waals surface area contributed by atoms with Crippen molar-refractivity contribution in [2.75, 3.05) is 32.8 Å². The summed E-state index contributed by atoms with van der Waals surface area (Å²) in [5.41, 5.74) is 6.69. The van der Waals surface area contributed by atoms with E-state index in [9.17, 15) is 0 Å². The van der Waals surface area contributed by atoms with Crippen LogP contribution >= 0.6 is 0 Å². The minimum absolute atomic E-state index is 0.360. The first-order valence-corrected chi connectivity index (χ1v) is 7.03. The van der Waals surface area contributed by atoms with Gasteiger partial charge in [-0.2, -0.15) is 0 Å². The van der Waals surface area contributed by atoms with Gasteiger partial charge in [0, 0.05) is 26.2 Å². The number of ether oxygens (including phenoxy) is 2. The van der Waals surface area contributed by atoms with Crippen LogP contribution in [0.25, 0.3) is 0 Å². The lowest BCUT2D eigenvalue weighted by Gasteiger charge is -2.30. The summed E-state index contributed by atoms with van der Waals surface area (Å²) in [6.07, 6.45) is 1.41. The first-order chi connectivity index (χ1) is 9.28. The largest absolute Gasteiger partial charge is 0.494 e. The Kier molecular flexibility index (Phi) is 5.63. The Balaban J connectivity index is 1.63. The maximum absolute atomic E-state index is 5.72. The molecule has 0 aliphatic carbocycles. The lowest BCUT2D eigenvalue weighted by molar-refractivity contribution is -0.0193. The summed E-state index contributed by atoms with van der Waals surface area (Å²) in [4.78, 5) is 2.44. The van der Waals surface area contributed by atoms with Crippen molar-refractivity contribution in [2.45, 2.75) is 26.0 Å². The molecule has 0 amide bonds. The second-order valence-electron chi connectivity index (χ2n) is 5.03. The highest BCUT2D eigenvalue weighted by Crippen LogP contribution is 2.12. The lowest BCUT2D eigenvalue weighted by atomic mass is 10.2. The highest BCUT2D eigenvalue weighted by atomic mass is 16.5. The molecule has 0 aromatic heterocycles. The van der Waals surface area contributed by atoms with Gasteiger partial charge in [-0.25, -0.2) is 0 Å². The van der Waals surface area contributed by atoms with Crippen molar-refractivity contribution in [1.29, 1.82) is 0 Å². The molecule has 2 rings (SSSR count). The molecule has 1 heterocycles. The first kappa shape index (κ1) is 14.3. The van der Waals surface area contributed by atoms with Crippen LogP contribution in [0, 0.1) is 0 Å². The van der Waals surface area contributed by atoms with Crippen LogP contribution in [-0.4, -0.2) is 43.9 Å². The number of rotatable bonds is 6. The molecule has 0 saturated carbocycles. The number of hydrogen-bond donors (Lipinski definition) is 1. The molecule has 0 bridgehead atoms. The van der Waals surface area contributed by atoms with E-state index in [0.717, 1.165) is 50.6 Å². The number of morpholine rings is 1. The van der Waals surface area contributed by atoms with Crippen molar-refractivity contribution in [3.8, 4) is 5.75 Å². The number of nitrogens with two attached hydrogens (primary N) is 1. The predicted molar refractivity (Wildman–Crippen MR) is 76.3 cm³/mol. The average Bonchev–Trinajstić information content (AvgIpc) is 2.44. The predicted octanol–water partition coefficient (Wildman–Crippen LogP) is 1.63. The van der Waals surface area contributed by atoms with Gasteiger partial charge in [0.2, 0.25) is 0 Å². The Bertz CT molecular complexity index is 367. The van der Waals surface area contributed by atoms with E-state index < -0.39 is 0 Å². The molecule has 4 nitrogen and oxygen atoms in total. The molecular weight excluding hydrogens is 240 g/mol. The number of benzene rings is 1. The van der Waals surface area contributed by atoms with Crippen molar-refractivity contribution >= 4 is 0 Å². The zero-order chi connectivity index (χ0) is 13.5. The maximum Gasteiger partial charge on any atom is 0.119 e. The number of nitrogens with zero attached hydrogens (tertiary/aromatic N) is 1. The van der Waals surface area contributed by atoms with Gasteiger partial charge >= 0.3 is 0 Å². The second-order valence-corrected chi connectivity index (χ2v) is 5.03. The molecular formula is C15H24N2O2. The molecule has 1 fully saturated rings. The summed E-state index contributed by atoms with van der Waals surface area (Å²) in [5.74, 6) is 0.924. The molecule has 4 heteroatoms. The van der Waals surface area contributed by atoms with Gasteiger partial charge in [0.1, 0.15) is 5.75 Å². The van der Waals surface area contributed by atoms with E-state index in [2.05, 4.69) is 11.8 Å². The van der Waals surface area contributed by atoms with E-state index in [4.69, 9.17) is 15.2 Å². The topological polar surface area (TPSA) is 47.7 Å². The van der Waals surface area contributed by atoms with Gasteiger partial charge in [0.05, 0.1) is 19.3 Å². The fraction of sp³-hybridized carbons (Fsp3) is 0.600. The molecule has 1 unspecified atom stereocenters. The smallest absolute Gasteiger partial charge is 0.119 e. The minimum atomic E-state index is 0.360. The molecule has 1 aromatic rings. The quantitative estimate of drug-likeness (QED) is 0.793. The molecule has 1 aromatic carbocycles. The molecule has 1 saturated heterocycles. The Morgan fingerprint density at radius 2 is 2.16 bits per heavy atom. The van der Waals surface area contributed by atoms with Crippen LogP contribution < -0.4 is 10.5 Å². The van der Waals surface area contributed by atoms with Crippen LogP contribution in [0.5, 0.6) is 5.75 Å². The van der Waals surface area contributed by atoms with Gasteiger partial charge < -0.3 is 15.2 Å². The summed E-state index contributed by atoms with van der Waals surface area (Å²) in [6.45, 7) is 7.46. The summed E-state index contributed by atoms with van der Waals surface area (Å²) in [7, 11) is 0. The van der Waals surface area contributed by atoms with E-state index in [-0.39, 0.29) is 0 Å². The van der Waals surface area contributed by atoms with E-state index in [1.165, 1.54) is 0 Å². The average molecular weight is 264 g/mol. The van der Waals surface area contributed by atoms with Crippen LogP contribution in [0.2, 0.25) is 0 Å². The van der Waals surface area contributed by atoms with Crippen LogP contribution in [0.3, 0.4) is 0 Å². The molecule has 2 N–H and O–H groups in total. The van der Waals surface area contributed by atoms with Gasteiger partial charge in [-0.1, -0.05) is 12.1 Å². The lowest BCUT2D eigenvalue weighted by Crippen LogP contribution is -2.41. The van der Waals surface area contributed by atoms with Gasteiger partial charge in [0.15, 0.2) is 0 Å². The normalized spacial score (nSPS) is 20.4. The maximum atomic E-state index is 5.72. The fourth-order valence-electron chi connectivity index (χ4n) is 2.29. The Hall–Kier alpha value is -1.10. The Morgan fingerprint density at radius 3 is 2.84 bits per heavy atom. The van der Waals surface area contributed by atoms with Crippen LogP contribution in [0.15, 0.2) is 24.3 Å². The van der Waals surface area contributed by atoms with E-state index >= 15 is 0 Å². The van der Waals surface area contributed by atoms with Crippen molar-refractivity contribution in [3.05, 3.63) is 29.8 Å². The van der Waals surface area contributed by atoms with E-state index in [0.29, 0.717) is 12.6 Å². The van der Waals surface area contributed by atoms with Gasteiger partial charge in [-0.05, 0) is 31.0 Å². The van der Waals surface area contributed by atoms with Crippen molar-refractivity contribution in [2.24, 2.45) is 5.73 Å². The molecule has 1 aliphatic rings.